The average molecular weight is 285 g/mol. The van der Waals surface area contributed by atoms with Crippen LogP contribution in [-0.2, 0) is 9.84 Å². The van der Waals surface area contributed by atoms with Crippen molar-refractivity contribution in [1.29, 1.82) is 0 Å². The van der Waals surface area contributed by atoms with Crippen molar-refractivity contribution >= 4 is 15.8 Å². The molecule has 5 nitrogen and oxygen atoms in total. The fourth-order valence-electron chi connectivity index (χ4n) is 2.35. The van der Waals surface area contributed by atoms with Crippen molar-refractivity contribution in [2.75, 3.05) is 18.1 Å². The summed E-state index contributed by atoms with van der Waals surface area (Å²) in [6.07, 6.45) is 9.91. The van der Waals surface area contributed by atoms with Gasteiger partial charge in [-0.1, -0.05) is 12.8 Å². The Morgan fingerprint density at radius 2 is 2.05 bits per heavy atom. The monoisotopic (exact) mass is 285 g/mol. The molecule has 0 amide bonds. The molecule has 0 saturated heterocycles. The van der Waals surface area contributed by atoms with Gasteiger partial charge in [-0.25, -0.2) is 13.4 Å². The van der Waals surface area contributed by atoms with Crippen LogP contribution < -0.4 is 5.32 Å². The number of rotatable bonds is 5. The van der Waals surface area contributed by atoms with E-state index in [2.05, 4.69) is 14.9 Å². The molecule has 1 saturated carbocycles. The number of imidazole rings is 1. The Bertz CT molecular complexity index is 528. The normalized spacial score (nSPS) is 17.8. The van der Waals surface area contributed by atoms with Crippen LogP contribution in [0.15, 0.2) is 12.4 Å². The third-order valence-electron chi connectivity index (χ3n) is 4.06. The largest absolute Gasteiger partial charge is 0.354 e. The van der Waals surface area contributed by atoms with Crippen LogP contribution in [0.1, 0.15) is 45.6 Å². The van der Waals surface area contributed by atoms with E-state index in [0.29, 0.717) is 12.6 Å². The molecule has 0 aromatic carbocycles. The predicted octanol–water partition coefficient (Wildman–Crippen LogP) is 2.23. The van der Waals surface area contributed by atoms with Gasteiger partial charge in [-0.2, -0.15) is 0 Å². The van der Waals surface area contributed by atoms with E-state index in [1.165, 1.54) is 31.9 Å². The van der Waals surface area contributed by atoms with E-state index in [-0.39, 0.29) is 0 Å². The molecule has 108 valence electrons. The molecule has 1 aromatic heterocycles. The first-order chi connectivity index (χ1) is 8.81. The van der Waals surface area contributed by atoms with Gasteiger partial charge in [0.15, 0.2) is 9.84 Å². The van der Waals surface area contributed by atoms with Gasteiger partial charge in [0.05, 0.1) is 4.75 Å². The van der Waals surface area contributed by atoms with Crippen molar-refractivity contribution in [2.24, 2.45) is 0 Å². The van der Waals surface area contributed by atoms with Crippen molar-refractivity contribution in [3.05, 3.63) is 12.4 Å². The highest BCUT2D eigenvalue weighted by Gasteiger charge is 2.30. The molecule has 1 heterocycles. The first-order valence-corrected chi connectivity index (χ1v) is 8.67. The first-order valence-electron chi connectivity index (χ1n) is 6.77. The molecular formula is C13H23N3O2S. The lowest BCUT2D eigenvalue weighted by Gasteiger charge is -2.24. The molecule has 0 unspecified atom stereocenters. The molecule has 0 radical (unpaired) electrons. The molecule has 1 N–H and O–H groups in total. The predicted molar refractivity (Wildman–Crippen MR) is 77.1 cm³/mol. The van der Waals surface area contributed by atoms with Crippen molar-refractivity contribution < 1.29 is 8.42 Å². The molecule has 2 rings (SSSR count). The number of sulfone groups is 1. The van der Waals surface area contributed by atoms with Gasteiger partial charge in [0, 0.05) is 31.2 Å². The number of nitrogens with zero attached hydrogens (tertiary/aromatic N) is 2. The second-order valence-electron chi connectivity index (χ2n) is 5.98. The van der Waals surface area contributed by atoms with E-state index in [1.54, 1.807) is 20.0 Å². The SMILES string of the molecule is CC(C)(CNc1nccn1C1CCCC1)S(C)(=O)=O. The second kappa shape index (κ2) is 5.15. The molecule has 0 bridgehead atoms. The fourth-order valence-corrected chi connectivity index (χ4v) is 2.68. The lowest BCUT2D eigenvalue weighted by atomic mass is 10.2. The maximum Gasteiger partial charge on any atom is 0.203 e. The first kappa shape index (κ1) is 14.4. The third kappa shape index (κ3) is 3.11. The smallest absolute Gasteiger partial charge is 0.203 e. The van der Waals surface area contributed by atoms with E-state index in [1.807, 2.05) is 6.20 Å². The van der Waals surface area contributed by atoms with Gasteiger partial charge in [0.1, 0.15) is 0 Å². The number of hydrogen-bond acceptors (Lipinski definition) is 4. The highest BCUT2D eigenvalue weighted by atomic mass is 32.2. The maximum absolute atomic E-state index is 11.7. The van der Waals surface area contributed by atoms with Crippen molar-refractivity contribution in [3.8, 4) is 0 Å². The van der Waals surface area contributed by atoms with Gasteiger partial charge in [0.2, 0.25) is 5.95 Å². The highest BCUT2D eigenvalue weighted by molar-refractivity contribution is 7.92. The standard InChI is InChI=1S/C13H23N3O2S/c1-13(2,19(3,17)18)10-15-12-14-8-9-16(12)11-6-4-5-7-11/h8-9,11H,4-7,10H2,1-3H3,(H,14,15). The second-order valence-corrected chi connectivity index (χ2v) is 8.63. The van der Waals surface area contributed by atoms with E-state index in [4.69, 9.17) is 0 Å². The molecule has 6 heteroatoms. The van der Waals surface area contributed by atoms with Crippen LogP contribution in [0.3, 0.4) is 0 Å². The molecule has 0 aliphatic heterocycles. The summed E-state index contributed by atoms with van der Waals surface area (Å²) in [5, 5.41) is 3.19. The zero-order valence-corrected chi connectivity index (χ0v) is 12.7. The van der Waals surface area contributed by atoms with Gasteiger partial charge in [0.25, 0.3) is 0 Å². The van der Waals surface area contributed by atoms with Gasteiger partial charge in [-0.3, -0.25) is 0 Å². The van der Waals surface area contributed by atoms with E-state index in [0.717, 1.165) is 5.95 Å². The summed E-state index contributed by atoms with van der Waals surface area (Å²) in [5.74, 6) is 0.781. The highest BCUT2D eigenvalue weighted by Crippen LogP contribution is 2.31. The molecular weight excluding hydrogens is 262 g/mol. The molecule has 0 atom stereocenters. The van der Waals surface area contributed by atoms with Gasteiger partial charge in [-0.05, 0) is 26.7 Å². The summed E-state index contributed by atoms with van der Waals surface area (Å²) in [6, 6.07) is 0.506. The minimum absolute atomic E-state index is 0.371. The zero-order valence-electron chi connectivity index (χ0n) is 11.9. The number of aromatic nitrogens is 2. The molecule has 1 aliphatic carbocycles. The lowest BCUT2D eigenvalue weighted by molar-refractivity contribution is 0.519. The Labute approximate surface area is 115 Å². The minimum Gasteiger partial charge on any atom is -0.354 e. The van der Waals surface area contributed by atoms with Crippen LogP contribution in [0.25, 0.3) is 0 Å². The summed E-state index contributed by atoms with van der Waals surface area (Å²) < 4.78 is 24.7. The van der Waals surface area contributed by atoms with Crippen molar-refractivity contribution in [2.45, 2.75) is 50.3 Å². The van der Waals surface area contributed by atoms with Crippen LogP contribution in [0.5, 0.6) is 0 Å². The van der Waals surface area contributed by atoms with Crippen LogP contribution in [0.4, 0.5) is 5.95 Å². The quantitative estimate of drug-likeness (QED) is 0.901. The topological polar surface area (TPSA) is 64.0 Å². The minimum atomic E-state index is -3.09. The van der Waals surface area contributed by atoms with Crippen LogP contribution in [-0.4, -0.2) is 35.5 Å². The Hall–Kier alpha value is -1.04. The molecule has 1 aliphatic rings. The Kier molecular flexibility index (Phi) is 3.90. The Balaban J connectivity index is 2.06. The third-order valence-corrected chi connectivity index (χ3v) is 6.21. The Morgan fingerprint density at radius 3 is 2.63 bits per heavy atom. The van der Waals surface area contributed by atoms with Gasteiger partial charge in [-0.15, -0.1) is 0 Å². The van der Waals surface area contributed by atoms with E-state index >= 15 is 0 Å². The molecule has 1 fully saturated rings. The Morgan fingerprint density at radius 1 is 1.42 bits per heavy atom. The van der Waals surface area contributed by atoms with E-state index < -0.39 is 14.6 Å². The lowest BCUT2D eigenvalue weighted by Crippen LogP contribution is -2.38. The summed E-state index contributed by atoms with van der Waals surface area (Å²) in [4.78, 5) is 4.30. The van der Waals surface area contributed by atoms with Crippen molar-refractivity contribution in [1.82, 2.24) is 9.55 Å². The number of anilines is 1. The maximum atomic E-state index is 11.7. The van der Waals surface area contributed by atoms with E-state index in [9.17, 15) is 8.42 Å². The molecule has 19 heavy (non-hydrogen) atoms. The summed E-state index contributed by atoms with van der Waals surface area (Å²) in [6.45, 7) is 3.84. The summed E-state index contributed by atoms with van der Waals surface area (Å²) in [7, 11) is -3.09. The van der Waals surface area contributed by atoms with Gasteiger partial charge < -0.3 is 9.88 Å². The molecule has 1 aromatic rings. The number of hydrogen-bond donors (Lipinski definition) is 1. The fraction of sp³-hybridized carbons (Fsp3) is 0.769. The molecule has 0 spiro atoms. The van der Waals surface area contributed by atoms with Crippen LogP contribution >= 0.6 is 0 Å². The van der Waals surface area contributed by atoms with Crippen LogP contribution in [0, 0.1) is 0 Å². The number of nitrogens with one attached hydrogen (secondary N) is 1. The zero-order chi connectivity index (χ0) is 14.1. The van der Waals surface area contributed by atoms with Crippen LogP contribution in [0.2, 0.25) is 0 Å². The van der Waals surface area contributed by atoms with Crippen molar-refractivity contribution in [3.63, 3.8) is 0 Å². The summed E-state index contributed by atoms with van der Waals surface area (Å²) in [5.41, 5.74) is 0. The van der Waals surface area contributed by atoms with Gasteiger partial charge >= 0.3 is 0 Å². The average Bonchev–Trinajstić information content (AvgIpc) is 2.95. The summed E-state index contributed by atoms with van der Waals surface area (Å²) >= 11 is 0.